The molecule has 2 heterocycles. The molecule has 1 aromatic carbocycles. The second kappa shape index (κ2) is 7.47. The molecule has 0 spiro atoms. The Morgan fingerprint density at radius 2 is 2.04 bits per heavy atom. The van der Waals surface area contributed by atoms with E-state index < -0.39 is 0 Å². The van der Waals surface area contributed by atoms with Gasteiger partial charge in [-0.2, -0.15) is 0 Å². The minimum atomic E-state index is -0.257. The highest BCUT2D eigenvalue weighted by atomic mass is 16.2. The molecular weight excluding hydrogens is 314 g/mol. The van der Waals surface area contributed by atoms with Gasteiger partial charge in [0.05, 0.1) is 0 Å². The molecule has 130 valence electrons. The van der Waals surface area contributed by atoms with Gasteiger partial charge in [-0.05, 0) is 69.0 Å². The number of aryl methyl sites for hydroxylation is 1. The number of carbonyl (C=O) groups is 2. The van der Waals surface area contributed by atoms with E-state index in [1.807, 2.05) is 17.9 Å². The molecule has 1 unspecified atom stereocenters. The van der Waals surface area contributed by atoms with E-state index in [-0.39, 0.29) is 17.9 Å². The minimum absolute atomic E-state index is 0.0675. The normalized spacial score (nSPS) is 17.2. The molecule has 3 rings (SSSR count). The van der Waals surface area contributed by atoms with Gasteiger partial charge >= 0.3 is 0 Å². The number of hydrogen-bond donors (Lipinski definition) is 1. The molecule has 2 aromatic rings. The van der Waals surface area contributed by atoms with Crippen LogP contribution in [0.25, 0.3) is 0 Å². The zero-order valence-corrected chi connectivity index (χ0v) is 14.7. The van der Waals surface area contributed by atoms with Crippen LogP contribution >= 0.6 is 0 Å². The van der Waals surface area contributed by atoms with Crippen molar-refractivity contribution in [2.24, 2.45) is 0 Å². The Morgan fingerprint density at radius 3 is 2.72 bits per heavy atom. The lowest BCUT2D eigenvalue weighted by molar-refractivity contribution is 0.0635. The molecule has 1 saturated heterocycles. The third-order valence-electron chi connectivity index (χ3n) is 4.68. The molecule has 1 aliphatic heterocycles. The number of piperidine rings is 1. The van der Waals surface area contributed by atoms with Crippen LogP contribution in [0.5, 0.6) is 0 Å². The van der Waals surface area contributed by atoms with Crippen LogP contribution in [0.3, 0.4) is 0 Å². The van der Waals surface area contributed by atoms with Crippen molar-refractivity contribution in [2.75, 3.05) is 11.9 Å². The Morgan fingerprint density at radius 1 is 1.20 bits per heavy atom. The first-order valence-electron chi connectivity index (χ1n) is 8.70. The Balaban J connectivity index is 1.74. The Bertz CT molecular complexity index is 774. The van der Waals surface area contributed by atoms with Crippen LogP contribution in [0.1, 0.15) is 52.6 Å². The van der Waals surface area contributed by atoms with Crippen molar-refractivity contribution in [2.45, 2.75) is 39.2 Å². The highest BCUT2D eigenvalue weighted by Crippen LogP contribution is 2.22. The van der Waals surface area contributed by atoms with Gasteiger partial charge in [0.2, 0.25) is 0 Å². The van der Waals surface area contributed by atoms with Crippen molar-refractivity contribution < 1.29 is 9.59 Å². The summed E-state index contributed by atoms with van der Waals surface area (Å²) in [6.45, 7) is 4.81. The van der Waals surface area contributed by atoms with Crippen molar-refractivity contribution >= 4 is 17.5 Å². The summed E-state index contributed by atoms with van der Waals surface area (Å²) in [5.74, 6) is -0.190. The summed E-state index contributed by atoms with van der Waals surface area (Å²) in [4.78, 5) is 31.0. The fourth-order valence-electron chi connectivity index (χ4n) is 3.19. The molecule has 5 heteroatoms. The summed E-state index contributed by atoms with van der Waals surface area (Å²) < 4.78 is 0. The van der Waals surface area contributed by atoms with Crippen LogP contribution in [-0.2, 0) is 0 Å². The molecule has 1 fully saturated rings. The van der Waals surface area contributed by atoms with Crippen LogP contribution in [0, 0.1) is 6.92 Å². The van der Waals surface area contributed by atoms with Gasteiger partial charge in [-0.1, -0.05) is 6.07 Å². The third kappa shape index (κ3) is 3.87. The molecule has 1 aromatic heterocycles. The minimum Gasteiger partial charge on any atom is -0.336 e. The van der Waals surface area contributed by atoms with E-state index in [0.29, 0.717) is 16.9 Å². The van der Waals surface area contributed by atoms with Crippen molar-refractivity contribution in [1.29, 1.82) is 0 Å². The van der Waals surface area contributed by atoms with Crippen LogP contribution < -0.4 is 5.32 Å². The summed E-state index contributed by atoms with van der Waals surface area (Å²) in [6, 6.07) is 10.9. The number of carbonyl (C=O) groups excluding carboxylic acids is 2. The number of nitrogens with one attached hydrogen (secondary N) is 1. The van der Waals surface area contributed by atoms with E-state index in [2.05, 4.69) is 17.2 Å². The van der Waals surface area contributed by atoms with Gasteiger partial charge in [0.1, 0.15) is 5.69 Å². The fraction of sp³-hybridized carbons (Fsp3) is 0.350. The molecule has 25 heavy (non-hydrogen) atoms. The molecule has 1 atom stereocenters. The number of amides is 2. The lowest BCUT2D eigenvalue weighted by atomic mass is 10.0. The van der Waals surface area contributed by atoms with Gasteiger partial charge in [0.25, 0.3) is 11.8 Å². The molecule has 1 aliphatic rings. The van der Waals surface area contributed by atoms with E-state index in [1.54, 1.807) is 36.5 Å². The van der Waals surface area contributed by atoms with E-state index in [4.69, 9.17) is 0 Å². The van der Waals surface area contributed by atoms with Crippen molar-refractivity contribution in [3.8, 4) is 0 Å². The first kappa shape index (κ1) is 17.1. The summed E-state index contributed by atoms with van der Waals surface area (Å²) >= 11 is 0. The number of nitrogens with zero attached hydrogens (tertiary/aromatic N) is 2. The summed E-state index contributed by atoms with van der Waals surface area (Å²) in [5.41, 5.74) is 2.59. The fourth-order valence-corrected chi connectivity index (χ4v) is 3.19. The van der Waals surface area contributed by atoms with Crippen molar-refractivity contribution in [3.05, 3.63) is 59.4 Å². The average Bonchev–Trinajstić information content (AvgIpc) is 2.64. The summed E-state index contributed by atoms with van der Waals surface area (Å²) in [7, 11) is 0. The highest BCUT2D eigenvalue weighted by molar-refractivity contribution is 6.03. The van der Waals surface area contributed by atoms with Crippen LogP contribution in [0.15, 0.2) is 42.6 Å². The molecule has 0 radical (unpaired) electrons. The summed E-state index contributed by atoms with van der Waals surface area (Å²) in [6.07, 6.45) is 4.89. The van der Waals surface area contributed by atoms with E-state index in [9.17, 15) is 9.59 Å². The Kier molecular flexibility index (Phi) is 5.12. The highest BCUT2D eigenvalue weighted by Gasteiger charge is 2.24. The predicted molar refractivity (Wildman–Crippen MR) is 97.7 cm³/mol. The second-order valence-electron chi connectivity index (χ2n) is 6.54. The largest absolute Gasteiger partial charge is 0.336 e. The second-order valence-corrected chi connectivity index (χ2v) is 6.54. The number of pyridine rings is 1. The molecule has 0 saturated carbocycles. The monoisotopic (exact) mass is 337 g/mol. The number of rotatable bonds is 3. The van der Waals surface area contributed by atoms with Crippen LogP contribution in [0.2, 0.25) is 0 Å². The Hall–Kier alpha value is -2.69. The zero-order valence-electron chi connectivity index (χ0n) is 14.7. The standard InChI is InChI=1S/C20H23N3O2/c1-14-13-16(20(25)23-12-6-4-7-15(23)2)9-10-17(14)22-19(24)18-8-3-5-11-21-18/h3,5,8-11,13,15H,4,6-7,12H2,1-2H3,(H,22,24). The number of hydrogen-bond acceptors (Lipinski definition) is 3. The van der Waals surface area contributed by atoms with Gasteiger partial charge in [-0.25, -0.2) is 0 Å². The van der Waals surface area contributed by atoms with Gasteiger partial charge in [0.15, 0.2) is 0 Å². The van der Waals surface area contributed by atoms with Gasteiger partial charge in [0, 0.05) is 30.0 Å². The van der Waals surface area contributed by atoms with Gasteiger partial charge < -0.3 is 10.2 Å². The lowest BCUT2D eigenvalue weighted by Crippen LogP contribution is -2.42. The molecule has 0 aliphatic carbocycles. The Labute approximate surface area is 148 Å². The smallest absolute Gasteiger partial charge is 0.274 e. The lowest BCUT2D eigenvalue weighted by Gasteiger charge is -2.33. The topological polar surface area (TPSA) is 62.3 Å². The van der Waals surface area contributed by atoms with Crippen LogP contribution in [0.4, 0.5) is 5.69 Å². The molecule has 5 nitrogen and oxygen atoms in total. The number of aromatic nitrogens is 1. The SMILES string of the molecule is Cc1cc(C(=O)N2CCCCC2C)ccc1NC(=O)c1ccccn1. The first-order valence-corrected chi connectivity index (χ1v) is 8.70. The van der Waals surface area contributed by atoms with E-state index in [1.165, 1.54) is 6.42 Å². The number of anilines is 1. The van der Waals surface area contributed by atoms with Gasteiger partial charge in [-0.15, -0.1) is 0 Å². The van der Waals surface area contributed by atoms with Crippen LogP contribution in [-0.4, -0.2) is 34.3 Å². The maximum atomic E-state index is 12.7. The molecule has 0 bridgehead atoms. The molecule has 1 N–H and O–H groups in total. The number of likely N-dealkylation sites (tertiary alicyclic amines) is 1. The van der Waals surface area contributed by atoms with E-state index in [0.717, 1.165) is 24.9 Å². The molecule has 2 amide bonds. The maximum absolute atomic E-state index is 12.7. The summed E-state index contributed by atoms with van der Waals surface area (Å²) in [5, 5.41) is 2.85. The van der Waals surface area contributed by atoms with E-state index >= 15 is 0 Å². The predicted octanol–water partition coefficient (Wildman–Crippen LogP) is 3.66. The maximum Gasteiger partial charge on any atom is 0.274 e. The van der Waals surface area contributed by atoms with Crippen molar-refractivity contribution in [3.63, 3.8) is 0 Å². The zero-order chi connectivity index (χ0) is 17.8. The quantitative estimate of drug-likeness (QED) is 0.930. The third-order valence-corrected chi connectivity index (χ3v) is 4.68. The first-order chi connectivity index (χ1) is 12.1. The van der Waals surface area contributed by atoms with Gasteiger partial charge in [-0.3, -0.25) is 14.6 Å². The number of benzene rings is 1. The molecular formula is C20H23N3O2. The van der Waals surface area contributed by atoms with Crippen molar-refractivity contribution in [1.82, 2.24) is 9.88 Å². The average molecular weight is 337 g/mol.